The van der Waals surface area contributed by atoms with E-state index >= 15 is 0 Å². The molecule has 1 aromatic carbocycles. The van der Waals surface area contributed by atoms with Crippen molar-refractivity contribution in [1.29, 1.82) is 0 Å². The largest absolute Gasteiger partial charge is 0.385 e. The average molecular weight is 256 g/mol. The van der Waals surface area contributed by atoms with Crippen LogP contribution in [0.5, 0.6) is 0 Å². The second kappa shape index (κ2) is 4.87. The van der Waals surface area contributed by atoms with Crippen molar-refractivity contribution in [3.63, 3.8) is 0 Å². The first-order valence-electron chi connectivity index (χ1n) is 4.90. The molecule has 0 aliphatic rings. The standard InChI is InChI=1S/C11H10F2N2OS/c12-7-1-6(2-8(13)3-7)9-5-17-11(15-9)10(16)4-14/h1-3,5,10,16H,4,14H2. The summed E-state index contributed by atoms with van der Waals surface area (Å²) < 4.78 is 26.0. The summed E-state index contributed by atoms with van der Waals surface area (Å²) in [5.41, 5.74) is 6.07. The van der Waals surface area contributed by atoms with E-state index in [1.165, 1.54) is 23.5 Å². The Morgan fingerprint density at radius 3 is 2.53 bits per heavy atom. The Balaban J connectivity index is 2.36. The average Bonchev–Trinajstić information content (AvgIpc) is 2.76. The zero-order chi connectivity index (χ0) is 12.4. The van der Waals surface area contributed by atoms with Crippen LogP contribution in [-0.4, -0.2) is 16.6 Å². The molecule has 0 bridgehead atoms. The molecule has 3 N–H and O–H groups in total. The number of thiazole rings is 1. The lowest BCUT2D eigenvalue weighted by molar-refractivity contribution is 0.186. The first-order valence-corrected chi connectivity index (χ1v) is 5.78. The van der Waals surface area contributed by atoms with Crippen LogP contribution in [0.15, 0.2) is 23.6 Å². The summed E-state index contributed by atoms with van der Waals surface area (Å²) in [4.78, 5) is 4.09. The maximum atomic E-state index is 13.0. The van der Waals surface area contributed by atoms with Crippen molar-refractivity contribution < 1.29 is 13.9 Å². The molecule has 2 rings (SSSR count). The summed E-state index contributed by atoms with van der Waals surface area (Å²) >= 11 is 1.20. The van der Waals surface area contributed by atoms with Gasteiger partial charge in [-0.2, -0.15) is 0 Å². The van der Waals surface area contributed by atoms with Crippen molar-refractivity contribution in [3.8, 4) is 11.3 Å². The highest BCUT2D eigenvalue weighted by atomic mass is 32.1. The molecule has 0 amide bonds. The van der Waals surface area contributed by atoms with Gasteiger partial charge in [0.05, 0.1) is 5.69 Å². The van der Waals surface area contributed by atoms with Crippen LogP contribution in [0.2, 0.25) is 0 Å². The van der Waals surface area contributed by atoms with Gasteiger partial charge in [-0.3, -0.25) is 0 Å². The number of rotatable bonds is 3. The molecule has 90 valence electrons. The summed E-state index contributed by atoms with van der Waals surface area (Å²) in [6.45, 7) is 0.0600. The van der Waals surface area contributed by atoms with E-state index in [-0.39, 0.29) is 6.54 Å². The van der Waals surface area contributed by atoms with E-state index in [9.17, 15) is 13.9 Å². The van der Waals surface area contributed by atoms with Crippen LogP contribution in [0.4, 0.5) is 8.78 Å². The minimum absolute atomic E-state index is 0.0600. The molecule has 0 radical (unpaired) electrons. The second-order valence-corrected chi connectivity index (χ2v) is 4.37. The van der Waals surface area contributed by atoms with Gasteiger partial charge in [-0.05, 0) is 12.1 Å². The lowest BCUT2D eigenvalue weighted by Crippen LogP contribution is -2.11. The predicted molar refractivity (Wildman–Crippen MR) is 61.5 cm³/mol. The molecule has 0 aliphatic carbocycles. The molecule has 17 heavy (non-hydrogen) atoms. The van der Waals surface area contributed by atoms with Crippen molar-refractivity contribution in [2.75, 3.05) is 6.54 Å². The van der Waals surface area contributed by atoms with Gasteiger partial charge in [-0.25, -0.2) is 13.8 Å². The molecule has 3 nitrogen and oxygen atoms in total. The predicted octanol–water partition coefficient (Wildman–Crippen LogP) is 2.08. The maximum absolute atomic E-state index is 13.0. The van der Waals surface area contributed by atoms with Gasteiger partial charge in [0.2, 0.25) is 0 Å². The number of benzene rings is 1. The quantitative estimate of drug-likeness (QED) is 0.884. The molecule has 0 spiro atoms. The molecule has 6 heteroatoms. The minimum atomic E-state index is -0.841. The fourth-order valence-corrected chi connectivity index (χ4v) is 2.20. The summed E-state index contributed by atoms with van der Waals surface area (Å²) in [7, 11) is 0. The molecule has 0 saturated carbocycles. The summed E-state index contributed by atoms with van der Waals surface area (Å²) in [5, 5.41) is 11.5. The smallest absolute Gasteiger partial charge is 0.126 e. The van der Waals surface area contributed by atoms with E-state index in [0.29, 0.717) is 16.3 Å². The van der Waals surface area contributed by atoms with Gasteiger partial charge in [0.25, 0.3) is 0 Å². The van der Waals surface area contributed by atoms with Crippen LogP contribution in [0.25, 0.3) is 11.3 Å². The molecular formula is C11H10F2N2OS. The molecule has 1 unspecified atom stereocenters. The topological polar surface area (TPSA) is 59.1 Å². The number of aromatic nitrogens is 1. The van der Waals surface area contributed by atoms with E-state index in [0.717, 1.165) is 6.07 Å². The van der Waals surface area contributed by atoms with Crippen LogP contribution in [0.3, 0.4) is 0 Å². The maximum Gasteiger partial charge on any atom is 0.126 e. The van der Waals surface area contributed by atoms with E-state index in [4.69, 9.17) is 5.73 Å². The molecular weight excluding hydrogens is 246 g/mol. The molecule has 1 heterocycles. The van der Waals surface area contributed by atoms with Gasteiger partial charge in [0, 0.05) is 23.6 Å². The van der Waals surface area contributed by atoms with Crippen molar-refractivity contribution in [3.05, 3.63) is 40.2 Å². The van der Waals surface area contributed by atoms with Crippen molar-refractivity contribution in [2.45, 2.75) is 6.10 Å². The normalized spacial score (nSPS) is 12.7. The van der Waals surface area contributed by atoms with Crippen LogP contribution in [0.1, 0.15) is 11.1 Å². The van der Waals surface area contributed by atoms with E-state index in [1.54, 1.807) is 5.38 Å². The van der Waals surface area contributed by atoms with Gasteiger partial charge in [-0.15, -0.1) is 11.3 Å². The molecule has 0 fully saturated rings. The monoisotopic (exact) mass is 256 g/mol. The number of aliphatic hydroxyl groups excluding tert-OH is 1. The number of hydrogen-bond acceptors (Lipinski definition) is 4. The highest BCUT2D eigenvalue weighted by Gasteiger charge is 2.12. The van der Waals surface area contributed by atoms with Crippen molar-refractivity contribution in [1.82, 2.24) is 4.98 Å². The Morgan fingerprint density at radius 1 is 1.29 bits per heavy atom. The van der Waals surface area contributed by atoms with Gasteiger partial charge in [-0.1, -0.05) is 0 Å². The third kappa shape index (κ3) is 2.66. The number of halogens is 2. The van der Waals surface area contributed by atoms with Gasteiger partial charge < -0.3 is 10.8 Å². The van der Waals surface area contributed by atoms with Crippen LogP contribution >= 0.6 is 11.3 Å². The molecule has 2 aromatic rings. The lowest BCUT2D eigenvalue weighted by atomic mass is 10.1. The number of nitrogens with two attached hydrogens (primary N) is 1. The van der Waals surface area contributed by atoms with Crippen LogP contribution < -0.4 is 5.73 Å². The molecule has 1 aromatic heterocycles. The van der Waals surface area contributed by atoms with Crippen molar-refractivity contribution >= 4 is 11.3 Å². The van der Waals surface area contributed by atoms with Crippen molar-refractivity contribution in [2.24, 2.45) is 5.73 Å². The minimum Gasteiger partial charge on any atom is -0.385 e. The SMILES string of the molecule is NCC(O)c1nc(-c2cc(F)cc(F)c2)cs1. The molecule has 0 saturated heterocycles. The van der Waals surface area contributed by atoms with Gasteiger partial charge in [0.1, 0.15) is 22.7 Å². The Bertz CT molecular complexity index is 510. The number of aliphatic hydroxyl groups is 1. The summed E-state index contributed by atoms with van der Waals surface area (Å²) in [6.07, 6.45) is -0.841. The lowest BCUT2D eigenvalue weighted by Gasteiger charge is -2.01. The van der Waals surface area contributed by atoms with E-state index in [2.05, 4.69) is 4.98 Å². The third-order valence-electron chi connectivity index (χ3n) is 2.19. The van der Waals surface area contributed by atoms with Gasteiger partial charge in [0.15, 0.2) is 0 Å². The van der Waals surface area contributed by atoms with E-state index in [1.807, 2.05) is 0 Å². The summed E-state index contributed by atoms with van der Waals surface area (Å²) in [5.74, 6) is -1.32. The van der Waals surface area contributed by atoms with E-state index < -0.39 is 17.7 Å². The van der Waals surface area contributed by atoms with Crippen LogP contribution in [0, 0.1) is 11.6 Å². The molecule has 1 atom stereocenters. The Hall–Kier alpha value is -1.37. The zero-order valence-electron chi connectivity index (χ0n) is 8.73. The second-order valence-electron chi connectivity index (χ2n) is 3.48. The summed E-state index contributed by atoms with van der Waals surface area (Å²) in [6, 6.07) is 3.18. The fraction of sp³-hybridized carbons (Fsp3) is 0.182. The highest BCUT2D eigenvalue weighted by molar-refractivity contribution is 7.10. The fourth-order valence-electron chi connectivity index (χ4n) is 1.38. The third-order valence-corrected chi connectivity index (χ3v) is 3.13. The Morgan fingerprint density at radius 2 is 1.94 bits per heavy atom. The Kier molecular flexibility index (Phi) is 3.46. The first kappa shape index (κ1) is 12.1. The highest BCUT2D eigenvalue weighted by Crippen LogP contribution is 2.26. The first-order chi connectivity index (χ1) is 8.10. The molecule has 0 aliphatic heterocycles. The van der Waals surface area contributed by atoms with Crippen LogP contribution in [-0.2, 0) is 0 Å². The Labute approximate surface area is 101 Å². The number of hydrogen-bond donors (Lipinski definition) is 2. The van der Waals surface area contributed by atoms with Gasteiger partial charge >= 0.3 is 0 Å². The number of nitrogens with zero attached hydrogens (tertiary/aromatic N) is 1. The zero-order valence-corrected chi connectivity index (χ0v) is 9.55.